The maximum atomic E-state index is 5.82. The average molecular weight is 248 g/mol. The van der Waals surface area contributed by atoms with E-state index < -0.39 is 0 Å². The van der Waals surface area contributed by atoms with Gasteiger partial charge in [0.15, 0.2) is 0 Å². The predicted molar refractivity (Wildman–Crippen MR) is 75.8 cm³/mol. The number of rotatable bonds is 5. The van der Waals surface area contributed by atoms with Crippen molar-refractivity contribution in [1.82, 2.24) is 0 Å². The van der Waals surface area contributed by atoms with E-state index in [1.54, 1.807) is 0 Å². The van der Waals surface area contributed by atoms with Crippen molar-refractivity contribution >= 4 is 5.69 Å². The van der Waals surface area contributed by atoms with Gasteiger partial charge in [-0.25, -0.2) is 0 Å². The van der Waals surface area contributed by atoms with Crippen LogP contribution in [0, 0.1) is 0 Å². The summed E-state index contributed by atoms with van der Waals surface area (Å²) in [4.78, 5) is 2.44. The molecule has 0 amide bonds. The summed E-state index contributed by atoms with van der Waals surface area (Å²) in [6, 6.07) is 8.45. The number of anilines is 1. The lowest BCUT2D eigenvalue weighted by Gasteiger charge is -2.34. The van der Waals surface area contributed by atoms with Crippen LogP contribution in [0.15, 0.2) is 24.3 Å². The van der Waals surface area contributed by atoms with E-state index in [4.69, 9.17) is 10.5 Å². The van der Waals surface area contributed by atoms with Crippen molar-refractivity contribution in [3.63, 3.8) is 0 Å². The third-order valence-electron chi connectivity index (χ3n) is 3.55. The monoisotopic (exact) mass is 248 g/mol. The van der Waals surface area contributed by atoms with E-state index in [1.807, 2.05) is 0 Å². The van der Waals surface area contributed by atoms with Crippen LogP contribution in [0.2, 0.25) is 0 Å². The molecule has 2 N–H and O–H groups in total. The molecule has 0 radical (unpaired) electrons. The fourth-order valence-corrected chi connectivity index (χ4v) is 2.54. The molecule has 0 aliphatic carbocycles. The van der Waals surface area contributed by atoms with Crippen LogP contribution >= 0.6 is 0 Å². The first-order valence-electron chi connectivity index (χ1n) is 6.99. The number of nitrogens with two attached hydrogens (primary N) is 1. The number of nitrogens with zero attached hydrogens (tertiary/aromatic N) is 1. The fraction of sp³-hybridized carbons (Fsp3) is 0.600. The molecule has 3 nitrogen and oxygen atoms in total. The van der Waals surface area contributed by atoms with Gasteiger partial charge in [-0.3, -0.25) is 0 Å². The van der Waals surface area contributed by atoms with Crippen molar-refractivity contribution in [2.45, 2.75) is 38.8 Å². The van der Waals surface area contributed by atoms with Crippen molar-refractivity contribution < 1.29 is 4.74 Å². The molecule has 1 heterocycles. The van der Waals surface area contributed by atoms with Gasteiger partial charge in [-0.15, -0.1) is 0 Å². The molecule has 1 aliphatic heterocycles. The second-order valence-electron chi connectivity index (χ2n) is 4.89. The van der Waals surface area contributed by atoms with Gasteiger partial charge >= 0.3 is 0 Å². The Morgan fingerprint density at radius 1 is 1.28 bits per heavy atom. The minimum absolute atomic E-state index is 0.450. The van der Waals surface area contributed by atoms with Crippen LogP contribution in [-0.4, -0.2) is 25.8 Å². The summed E-state index contributed by atoms with van der Waals surface area (Å²) in [6.07, 6.45) is 3.81. The smallest absolute Gasteiger partial charge is 0.0608 e. The molecule has 1 aromatic rings. The van der Waals surface area contributed by atoms with Gasteiger partial charge in [0.05, 0.1) is 6.10 Å². The topological polar surface area (TPSA) is 38.5 Å². The van der Waals surface area contributed by atoms with E-state index in [1.165, 1.54) is 11.3 Å². The lowest BCUT2D eigenvalue weighted by molar-refractivity contribution is 0.0375. The van der Waals surface area contributed by atoms with Crippen LogP contribution in [0.25, 0.3) is 0 Å². The molecule has 100 valence electrons. The Hall–Kier alpha value is -1.06. The Morgan fingerprint density at radius 3 is 2.67 bits per heavy atom. The highest BCUT2D eigenvalue weighted by molar-refractivity contribution is 5.53. The zero-order valence-corrected chi connectivity index (χ0v) is 11.3. The summed E-state index contributed by atoms with van der Waals surface area (Å²) in [5.41, 5.74) is 8.34. The maximum absolute atomic E-state index is 5.82. The first-order valence-corrected chi connectivity index (χ1v) is 6.99. The van der Waals surface area contributed by atoms with Crippen LogP contribution < -0.4 is 10.6 Å². The summed E-state index contributed by atoms with van der Waals surface area (Å²) in [5, 5.41) is 0. The molecule has 2 rings (SSSR count). The molecule has 0 aromatic heterocycles. The molecule has 1 fully saturated rings. The maximum Gasteiger partial charge on any atom is 0.0608 e. The normalized spacial score (nSPS) is 17.1. The number of ether oxygens (including phenoxy) is 1. The molecule has 0 atom stereocenters. The predicted octanol–water partition coefficient (Wildman–Crippen LogP) is 2.54. The molecular formula is C15H24N2O. The van der Waals surface area contributed by atoms with Gasteiger partial charge in [-0.05, 0) is 30.9 Å². The standard InChI is InChI=1S/C15H24N2O/c1-2-11-18-14-7-9-17(10-8-14)15-6-4-3-5-13(15)12-16/h3-6,14H,2,7-12,16H2,1H3. The highest BCUT2D eigenvalue weighted by Gasteiger charge is 2.20. The summed E-state index contributed by atoms with van der Waals surface area (Å²) in [5.74, 6) is 0. The molecule has 1 aromatic carbocycles. The molecule has 1 aliphatic rings. The van der Waals surface area contributed by atoms with Crippen molar-refractivity contribution in [1.29, 1.82) is 0 Å². The first kappa shape index (κ1) is 13.4. The Morgan fingerprint density at radius 2 is 2.00 bits per heavy atom. The molecule has 0 saturated carbocycles. The third kappa shape index (κ3) is 3.24. The average Bonchev–Trinajstić information content (AvgIpc) is 2.45. The van der Waals surface area contributed by atoms with Crippen LogP contribution in [0.5, 0.6) is 0 Å². The molecule has 3 heteroatoms. The van der Waals surface area contributed by atoms with Crippen LogP contribution in [0.1, 0.15) is 31.7 Å². The molecule has 18 heavy (non-hydrogen) atoms. The van der Waals surface area contributed by atoms with Gasteiger partial charge in [0.25, 0.3) is 0 Å². The second kappa shape index (κ2) is 6.76. The van der Waals surface area contributed by atoms with Gasteiger partial charge in [-0.1, -0.05) is 25.1 Å². The van der Waals surface area contributed by atoms with E-state index in [2.05, 4.69) is 36.1 Å². The second-order valence-corrected chi connectivity index (χ2v) is 4.89. The van der Waals surface area contributed by atoms with Crippen molar-refractivity contribution in [3.05, 3.63) is 29.8 Å². The third-order valence-corrected chi connectivity index (χ3v) is 3.55. The Kier molecular flexibility index (Phi) is 5.02. The number of hydrogen-bond donors (Lipinski definition) is 1. The minimum Gasteiger partial charge on any atom is -0.378 e. The van der Waals surface area contributed by atoms with E-state index in [-0.39, 0.29) is 0 Å². The summed E-state index contributed by atoms with van der Waals surface area (Å²) < 4.78 is 5.82. The van der Waals surface area contributed by atoms with Crippen molar-refractivity contribution in [3.8, 4) is 0 Å². The largest absolute Gasteiger partial charge is 0.378 e. The van der Waals surface area contributed by atoms with Gasteiger partial charge < -0.3 is 15.4 Å². The highest BCUT2D eigenvalue weighted by atomic mass is 16.5. The van der Waals surface area contributed by atoms with E-state index in [0.717, 1.165) is 39.0 Å². The van der Waals surface area contributed by atoms with Gasteiger partial charge in [0.2, 0.25) is 0 Å². The molecule has 0 unspecified atom stereocenters. The summed E-state index contributed by atoms with van der Waals surface area (Å²) >= 11 is 0. The van der Waals surface area contributed by atoms with Crippen LogP contribution in [0.4, 0.5) is 5.69 Å². The lowest BCUT2D eigenvalue weighted by Crippen LogP contribution is -2.37. The Labute approximate surface area is 110 Å². The number of benzene rings is 1. The lowest BCUT2D eigenvalue weighted by atomic mass is 10.0. The molecule has 0 bridgehead atoms. The van der Waals surface area contributed by atoms with E-state index >= 15 is 0 Å². The van der Waals surface area contributed by atoms with Gasteiger partial charge in [0.1, 0.15) is 0 Å². The zero-order valence-electron chi connectivity index (χ0n) is 11.3. The summed E-state index contributed by atoms with van der Waals surface area (Å²) in [6.45, 7) is 5.82. The Balaban J connectivity index is 1.92. The number of para-hydroxylation sites is 1. The molecule has 0 spiro atoms. The minimum atomic E-state index is 0.450. The first-order chi connectivity index (χ1) is 8.85. The highest BCUT2D eigenvalue weighted by Crippen LogP contribution is 2.24. The Bertz CT molecular complexity index is 359. The van der Waals surface area contributed by atoms with Crippen molar-refractivity contribution in [2.75, 3.05) is 24.6 Å². The SMILES string of the molecule is CCCOC1CCN(c2ccccc2CN)CC1. The van der Waals surface area contributed by atoms with Crippen molar-refractivity contribution in [2.24, 2.45) is 5.73 Å². The molecule has 1 saturated heterocycles. The number of piperidine rings is 1. The quantitative estimate of drug-likeness (QED) is 0.870. The van der Waals surface area contributed by atoms with Gasteiger partial charge in [-0.2, -0.15) is 0 Å². The van der Waals surface area contributed by atoms with Crippen LogP contribution in [-0.2, 0) is 11.3 Å². The van der Waals surface area contributed by atoms with E-state index in [9.17, 15) is 0 Å². The summed E-state index contributed by atoms with van der Waals surface area (Å²) in [7, 11) is 0. The van der Waals surface area contributed by atoms with Crippen LogP contribution in [0.3, 0.4) is 0 Å². The molecular weight excluding hydrogens is 224 g/mol. The van der Waals surface area contributed by atoms with Gasteiger partial charge in [0, 0.05) is 31.9 Å². The van der Waals surface area contributed by atoms with E-state index in [0.29, 0.717) is 12.6 Å². The number of hydrogen-bond acceptors (Lipinski definition) is 3. The fourth-order valence-electron chi connectivity index (χ4n) is 2.54. The zero-order chi connectivity index (χ0) is 12.8.